The van der Waals surface area contributed by atoms with Gasteiger partial charge in [0.05, 0.1) is 13.2 Å². The predicted molar refractivity (Wildman–Crippen MR) is 85.9 cm³/mol. The van der Waals surface area contributed by atoms with E-state index in [1.165, 1.54) is 7.11 Å². The Kier molecular flexibility index (Phi) is 7.41. The molecule has 0 bridgehead atoms. The maximum absolute atomic E-state index is 10.3. The molecule has 0 saturated carbocycles. The van der Waals surface area contributed by atoms with E-state index in [4.69, 9.17) is 18.9 Å². The Morgan fingerprint density at radius 3 is 2.33 bits per heavy atom. The van der Waals surface area contributed by atoms with Gasteiger partial charge in [0.25, 0.3) is 0 Å². The van der Waals surface area contributed by atoms with Crippen LogP contribution in [0.2, 0.25) is 0 Å². The van der Waals surface area contributed by atoms with Gasteiger partial charge in [-0.05, 0) is 17.7 Å². The Bertz CT molecular complexity index is 476. The molecule has 136 valence electrons. The molecule has 0 aliphatic carbocycles. The molecular formula is C17H26O7. The largest absolute Gasteiger partial charge is 0.494 e. The van der Waals surface area contributed by atoms with Crippen LogP contribution in [0, 0.1) is 0 Å². The van der Waals surface area contributed by atoms with E-state index >= 15 is 0 Å². The molecule has 7 heteroatoms. The second-order valence-electron chi connectivity index (χ2n) is 5.72. The monoisotopic (exact) mass is 342 g/mol. The lowest BCUT2D eigenvalue weighted by Crippen LogP contribution is -2.56. The molecule has 3 N–H and O–H groups in total. The van der Waals surface area contributed by atoms with Crippen LogP contribution < -0.4 is 4.74 Å². The van der Waals surface area contributed by atoms with Gasteiger partial charge in [0.15, 0.2) is 0 Å². The molecule has 1 aromatic carbocycles. The summed E-state index contributed by atoms with van der Waals surface area (Å²) in [6.45, 7) is 0.886. The number of hydrogen-bond donors (Lipinski definition) is 3. The van der Waals surface area contributed by atoms with Crippen molar-refractivity contribution in [3.63, 3.8) is 0 Å². The minimum absolute atomic E-state index is 0.306. The third-order valence-electron chi connectivity index (χ3n) is 4.11. The number of benzene rings is 1. The van der Waals surface area contributed by atoms with Crippen molar-refractivity contribution in [2.75, 3.05) is 34.0 Å². The molecule has 1 heterocycles. The quantitative estimate of drug-likeness (QED) is 0.584. The van der Waals surface area contributed by atoms with Gasteiger partial charge in [-0.2, -0.15) is 0 Å². The molecule has 0 radical (unpaired) electrons. The molecular weight excluding hydrogens is 316 g/mol. The van der Waals surface area contributed by atoms with Crippen LogP contribution in [0.3, 0.4) is 0 Å². The van der Waals surface area contributed by atoms with Crippen molar-refractivity contribution in [2.45, 2.75) is 36.9 Å². The fraction of sp³-hybridized carbons (Fsp3) is 0.647. The van der Waals surface area contributed by atoms with Crippen LogP contribution in [0.5, 0.6) is 5.75 Å². The SMILES string of the molecule is COCCCOc1ccc(C2OC(CO)C(OC)C(O)C2O)cc1. The van der Waals surface area contributed by atoms with Crippen molar-refractivity contribution in [2.24, 2.45) is 0 Å². The number of aliphatic hydroxyl groups excluding tert-OH is 3. The molecule has 1 aromatic rings. The third kappa shape index (κ3) is 4.44. The summed E-state index contributed by atoms with van der Waals surface area (Å²) in [5.41, 5.74) is 0.693. The van der Waals surface area contributed by atoms with Crippen LogP contribution >= 0.6 is 0 Å². The predicted octanol–water partition coefficient (Wildman–Crippen LogP) is 0.271. The van der Waals surface area contributed by atoms with Gasteiger partial charge in [-0.25, -0.2) is 0 Å². The molecule has 0 spiro atoms. The number of ether oxygens (including phenoxy) is 4. The smallest absolute Gasteiger partial charge is 0.119 e. The zero-order valence-electron chi connectivity index (χ0n) is 14.0. The summed E-state index contributed by atoms with van der Waals surface area (Å²) in [4.78, 5) is 0. The molecule has 0 aromatic heterocycles. The van der Waals surface area contributed by atoms with Gasteiger partial charge in [-0.15, -0.1) is 0 Å². The molecule has 1 aliphatic heterocycles. The second kappa shape index (κ2) is 9.31. The number of hydrogen-bond acceptors (Lipinski definition) is 7. The average Bonchev–Trinajstić information content (AvgIpc) is 2.61. The summed E-state index contributed by atoms with van der Waals surface area (Å²) in [6, 6.07) is 7.10. The first-order valence-electron chi connectivity index (χ1n) is 7.99. The normalized spacial score (nSPS) is 30.3. The first kappa shape index (κ1) is 19.1. The Morgan fingerprint density at radius 1 is 1.04 bits per heavy atom. The summed E-state index contributed by atoms with van der Waals surface area (Å²) >= 11 is 0. The number of methoxy groups -OCH3 is 2. The Hall–Kier alpha value is -1.22. The van der Waals surface area contributed by atoms with Crippen LogP contribution in [0.15, 0.2) is 24.3 Å². The average molecular weight is 342 g/mol. The highest BCUT2D eigenvalue weighted by atomic mass is 16.6. The molecule has 24 heavy (non-hydrogen) atoms. The van der Waals surface area contributed by atoms with Crippen molar-refractivity contribution < 1.29 is 34.3 Å². The summed E-state index contributed by atoms with van der Waals surface area (Å²) in [5, 5.41) is 29.9. The second-order valence-corrected chi connectivity index (χ2v) is 5.72. The summed E-state index contributed by atoms with van der Waals surface area (Å²) in [7, 11) is 3.05. The van der Waals surface area contributed by atoms with Gasteiger partial charge in [0.2, 0.25) is 0 Å². The number of aliphatic hydroxyl groups is 3. The first-order chi connectivity index (χ1) is 11.6. The van der Waals surface area contributed by atoms with Crippen LogP contribution in [-0.4, -0.2) is 73.8 Å². The van der Waals surface area contributed by atoms with Crippen molar-refractivity contribution in [3.05, 3.63) is 29.8 Å². The molecule has 2 rings (SSSR count). The molecule has 0 amide bonds. The molecule has 5 unspecified atom stereocenters. The van der Waals surface area contributed by atoms with Crippen molar-refractivity contribution in [1.29, 1.82) is 0 Å². The lowest BCUT2D eigenvalue weighted by Gasteiger charge is -2.41. The highest BCUT2D eigenvalue weighted by molar-refractivity contribution is 5.29. The summed E-state index contributed by atoms with van der Waals surface area (Å²) < 4.78 is 21.4. The molecule has 1 fully saturated rings. The van der Waals surface area contributed by atoms with Gasteiger partial charge >= 0.3 is 0 Å². The molecule has 1 saturated heterocycles. The van der Waals surface area contributed by atoms with E-state index in [0.29, 0.717) is 24.5 Å². The van der Waals surface area contributed by atoms with Crippen molar-refractivity contribution in [1.82, 2.24) is 0 Å². The van der Waals surface area contributed by atoms with Gasteiger partial charge < -0.3 is 34.3 Å². The lowest BCUT2D eigenvalue weighted by atomic mass is 9.91. The summed E-state index contributed by atoms with van der Waals surface area (Å²) in [6.07, 6.45) is -3.72. The molecule has 5 atom stereocenters. The fourth-order valence-corrected chi connectivity index (χ4v) is 2.80. The van der Waals surface area contributed by atoms with E-state index < -0.39 is 30.5 Å². The van der Waals surface area contributed by atoms with Crippen molar-refractivity contribution in [3.8, 4) is 5.75 Å². The lowest BCUT2D eigenvalue weighted by molar-refractivity contribution is -0.238. The van der Waals surface area contributed by atoms with Crippen molar-refractivity contribution >= 4 is 0 Å². The van der Waals surface area contributed by atoms with Gasteiger partial charge in [0.1, 0.15) is 36.3 Å². The maximum Gasteiger partial charge on any atom is 0.119 e. The first-order valence-corrected chi connectivity index (χ1v) is 7.99. The highest BCUT2D eigenvalue weighted by Gasteiger charge is 2.44. The van der Waals surface area contributed by atoms with Gasteiger partial charge in [0, 0.05) is 27.2 Å². The minimum Gasteiger partial charge on any atom is -0.494 e. The highest BCUT2D eigenvalue weighted by Crippen LogP contribution is 2.34. The van der Waals surface area contributed by atoms with Gasteiger partial charge in [-0.1, -0.05) is 12.1 Å². The molecule has 7 nitrogen and oxygen atoms in total. The van der Waals surface area contributed by atoms with Gasteiger partial charge in [-0.3, -0.25) is 0 Å². The van der Waals surface area contributed by atoms with E-state index in [9.17, 15) is 15.3 Å². The zero-order chi connectivity index (χ0) is 17.5. The van der Waals surface area contributed by atoms with E-state index in [1.54, 1.807) is 31.4 Å². The van der Waals surface area contributed by atoms with Crippen LogP contribution in [0.25, 0.3) is 0 Å². The van der Waals surface area contributed by atoms with E-state index in [1.807, 2.05) is 0 Å². The zero-order valence-corrected chi connectivity index (χ0v) is 14.0. The maximum atomic E-state index is 10.3. The Morgan fingerprint density at radius 2 is 1.75 bits per heavy atom. The van der Waals surface area contributed by atoms with Crippen LogP contribution in [0.4, 0.5) is 0 Å². The van der Waals surface area contributed by atoms with Crippen LogP contribution in [-0.2, 0) is 14.2 Å². The third-order valence-corrected chi connectivity index (χ3v) is 4.11. The molecule has 1 aliphatic rings. The topological polar surface area (TPSA) is 97.6 Å². The summed E-state index contributed by atoms with van der Waals surface area (Å²) in [5.74, 6) is 0.703. The fourth-order valence-electron chi connectivity index (χ4n) is 2.80. The Labute approximate surface area is 141 Å². The standard InChI is InChI=1S/C17H26O7/c1-21-8-3-9-23-12-6-4-11(5-7-12)16-14(19)15(20)17(22-2)13(10-18)24-16/h4-7,13-20H,3,8-10H2,1-2H3. The van der Waals surface area contributed by atoms with E-state index in [0.717, 1.165) is 6.42 Å². The van der Waals surface area contributed by atoms with Crippen LogP contribution in [0.1, 0.15) is 18.1 Å². The Balaban J connectivity index is 2.02. The number of rotatable bonds is 8. The minimum atomic E-state index is -1.15. The van der Waals surface area contributed by atoms with E-state index in [-0.39, 0.29) is 6.61 Å². The van der Waals surface area contributed by atoms with E-state index in [2.05, 4.69) is 0 Å².